The normalized spacial score (nSPS) is 39.4. The van der Waals surface area contributed by atoms with E-state index in [2.05, 4.69) is 0 Å². The van der Waals surface area contributed by atoms with Crippen LogP contribution in [-0.2, 0) is 10.2 Å². The van der Waals surface area contributed by atoms with E-state index in [0.29, 0.717) is 5.92 Å². The smallest absolute Gasteiger partial charge is 0.307 e. The van der Waals surface area contributed by atoms with E-state index in [-0.39, 0.29) is 11.3 Å². The minimum Gasteiger partial charge on any atom is -0.481 e. The summed E-state index contributed by atoms with van der Waals surface area (Å²) in [4.78, 5) is 11.1. The van der Waals surface area contributed by atoms with Crippen LogP contribution in [0.1, 0.15) is 25.0 Å². The summed E-state index contributed by atoms with van der Waals surface area (Å²) in [5.41, 5.74) is -0.167. The van der Waals surface area contributed by atoms with Gasteiger partial charge in [0.25, 0.3) is 0 Å². The molecule has 1 N–H and O–H groups in total. The lowest BCUT2D eigenvalue weighted by Gasteiger charge is -2.43. The zero-order chi connectivity index (χ0) is 9.76. The lowest BCUT2D eigenvalue weighted by Crippen LogP contribution is -2.48. The first-order valence-electron chi connectivity index (χ1n) is 5.01. The van der Waals surface area contributed by atoms with Gasteiger partial charge < -0.3 is 9.52 Å². The molecule has 3 aliphatic rings. The first-order chi connectivity index (χ1) is 6.74. The zero-order valence-electron chi connectivity index (χ0n) is 7.77. The number of fused-ring (bicyclic) bond motifs is 1. The number of hydrogen-bond acceptors (Lipinski definition) is 2. The second-order valence-electron chi connectivity index (χ2n) is 4.45. The largest absolute Gasteiger partial charge is 0.481 e. The summed E-state index contributed by atoms with van der Waals surface area (Å²) in [7, 11) is 0. The van der Waals surface area contributed by atoms with E-state index in [1.54, 1.807) is 6.26 Å². The molecule has 3 atom stereocenters. The maximum Gasteiger partial charge on any atom is 0.307 e. The van der Waals surface area contributed by atoms with Crippen LogP contribution in [0.15, 0.2) is 22.8 Å². The summed E-state index contributed by atoms with van der Waals surface area (Å²) in [6.07, 6.45) is 4.64. The molecule has 3 nitrogen and oxygen atoms in total. The summed E-state index contributed by atoms with van der Waals surface area (Å²) in [6.45, 7) is 0. The maximum atomic E-state index is 11.1. The molecule has 14 heavy (non-hydrogen) atoms. The minimum atomic E-state index is -0.657. The summed E-state index contributed by atoms with van der Waals surface area (Å²) in [5, 5.41) is 9.14. The van der Waals surface area contributed by atoms with Crippen LogP contribution in [0.25, 0.3) is 0 Å². The van der Waals surface area contributed by atoms with Crippen molar-refractivity contribution in [2.24, 2.45) is 11.8 Å². The molecule has 0 spiro atoms. The highest BCUT2D eigenvalue weighted by Gasteiger charge is 2.64. The number of hydrogen-bond donors (Lipinski definition) is 1. The number of aliphatic carboxylic acids is 1. The van der Waals surface area contributed by atoms with Gasteiger partial charge >= 0.3 is 5.97 Å². The molecular formula is C11H12O3. The van der Waals surface area contributed by atoms with Crippen LogP contribution in [0.2, 0.25) is 0 Å². The van der Waals surface area contributed by atoms with Gasteiger partial charge in [-0.25, -0.2) is 0 Å². The van der Waals surface area contributed by atoms with Gasteiger partial charge in [0.1, 0.15) is 5.76 Å². The fraction of sp³-hybridized carbons (Fsp3) is 0.545. The van der Waals surface area contributed by atoms with Gasteiger partial charge in [-0.05, 0) is 37.3 Å². The third-order valence-corrected chi connectivity index (χ3v) is 3.93. The third kappa shape index (κ3) is 0.757. The lowest BCUT2D eigenvalue weighted by molar-refractivity contribution is -0.151. The second kappa shape index (κ2) is 2.41. The monoisotopic (exact) mass is 192 g/mol. The molecule has 0 saturated heterocycles. The van der Waals surface area contributed by atoms with Crippen molar-refractivity contribution < 1.29 is 14.3 Å². The number of carboxylic acids is 1. The van der Waals surface area contributed by atoms with Gasteiger partial charge in [-0.1, -0.05) is 0 Å². The Hall–Kier alpha value is -1.25. The Morgan fingerprint density at radius 2 is 2.50 bits per heavy atom. The van der Waals surface area contributed by atoms with E-state index in [1.807, 2.05) is 12.1 Å². The maximum absolute atomic E-state index is 11.1. The van der Waals surface area contributed by atoms with Gasteiger partial charge in [0, 0.05) is 5.41 Å². The fourth-order valence-corrected chi connectivity index (χ4v) is 3.35. The summed E-state index contributed by atoms with van der Waals surface area (Å²) in [6, 6.07) is 3.76. The molecule has 3 aliphatic carbocycles. The SMILES string of the molecule is O=C(O)[C@@H]1[C@@H]2CC[C@@]1(c1ccco1)C2. The van der Waals surface area contributed by atoms with Crippen molar-refractivity contribution in [1.82, 2.24) is 0 Å². The molecule has 2 bridgehead atoms. The Kier molecular flexibility index (Phi) is 1.39. The van der Waals surface area contributed by atoms with Gasteiger partial charge in [0.15, 0.2) is 0 Å². The van der Waals surface area contributed by atoms with E-state index in [0.717, 1.165) is 25.0 Å². The van der Waals surface area contributed by atoms with Crippen LogP contribution < -0.4 is 0 Å². The van der Waals surface area contributed by atoms with Crippen molar-refractivity contribution in [3.63, 3.8) is 0 Å². The molecule has 0 amide bonds. The first-order valence-corrected chi connectivity index (χ1v) is 5.01. The predicted octanol–water partition coefficient (Wildman–Crippen LogP) is 2.03. The van der Waals surface area contributed by atoms with E-state index < -0.39 is 5.97 Å². The van der Waals surface area contributed by atoms with Crippen LogP contribution in [0, 0.1) is 11.8 Å². The quantitative estimate of drug-likeness (QED) is 0.780. The number of carbonyl (C=O) groups is 1. The molecule has 0 aromatic carbocycles. The topological polar surface area (TPSA) is 50.4 Å². The number of furan rings is 1. The Morgan fingerprint density at radius 3 is 3.07 bits per heavy atom. The standard InChI is InChI=1S/C11H12O3/c12-10(13)9-7-3-4-11(9,6-7)8-2-1-5-14-8/h1-2,5,7,9H,3-4,6H2,(H,12,13)/t7-,9+,11+/m1/s1. The molecule has 4 rings (SSSR count). The molecule has 0 radical (unpaired) electrons. The fourth-order valence-electron chi connectivity index (χ4n) is 3.35. The van der Waals surface area contributed by atoms with Crippen molar-refractivity contribution in [3.05, 3.63) is 24.2 Å². The van der Waals surface area contributed by atoms with E-state index in [1.165, 1.54) is 0 Å². The highest BCUT2D eigenvalue weighted by atomic mass is 16.4. The first kappa shape index (κ1) is 8.09. The Morgan fingerprint density at radius 1 is 1.64 bits per heavy atom. The van der Waals surface area contributed by atoms with Crippen LogP contribution in [0.5, 0.6) is 0 Å². The molecule has 3 heteroatoms. The van der Waals surface area contributed by atoms with E-state index in [9.17, 15) is 4.79 Å². The molecular weight excluding hydrogens is 180 g/mol. The number of rotatable bonds is 2. The van der Waals surface area contributed by atoms with Crippen molar-refractivity contribution in [2.45, 2.75) is 24.7 Å². The van der Waals surface area contributed by atoms with Crippen molar-refractivity contribution in [3.8, 4) is 0 Å². The van der Waals surface area contributed by atoms with Gasteiger partial charge in [-0.15, -0.1) is 0 Å². The Balaban J connectivity index is 2.01. The minimum absolute atomic E-state index is 0.167. The lowest BCUT2D eigenvalue weighted by atomic mass is 9.59. The summed E-state index contributed by atoms with van der Waals surface area (Å²) >= 11 is 0. The van der Waals surface area contributed by atoms with E-state index in [4.69, 9.17) is 9.52 Å². The predicted molar refractivity (Wildman–Crippen MR) is 48.9 cm³/mol. The molecule has 1 aromatic rings. The zero-order valence-corrected chi connectivity index (χ0v) is 7.77. The van der Waals surface area contributed by atoms with Crippen molar-refractivity contribution >= 4 is 5.97 Å². The molecule has 3 saturated carbocycles. The molecule has 3 fully saturated rings. The second-order valence-corrected chi connectivity index (χ2v) is 4.45. The highest BCUT2D eigenvalue weighted by molar-refractivity contribution is 5.75. The molecule has 1 aromatic heterocycles. The van der Waals surface area contributed by atoms with Crippen LogP contribution in [0.3, 0.4) is 0 Å². The Labute approximate surface area is 81.7 Å². The van der Waals surface area contributed by atoms with Crippen LogP contribution in [-0.4, -0.2) is 11.1 Å². The summed E-state index contributed by atoms with van der Waals surface area (Å²) in [5.74, 6) is 0.403. The van der Waals surface area contributed by atoms with Gasteiger partial charge in [-0.2, -0.15) is 0 Å². The molecule has 1 heterocycles. The van der Waals surface area contributed by atoms with Crippen LogP contribution >= 0.6 is 0 Å². The van der Waals surface area contributed by atoms with E-state index >= 15 is 0 Å². The van der Waals surface area contributed by atoms with Gasteiger partial charge in [0.2, 0.25) is 0 Å². The Bertz CT molecular complexity index is 364. The van der Waals surface area contributed by atoms with Crippen LogP contribution in [0.4, 0.5) is 0 Å². The average molecular weight is 192 g/mol. The number of carboxylic acid groups (broad SMARTS) is 1. The summed E-state index contributed by atoms with van der Waals surface area (Å²) < 4.78 is 5.38. The molecule has 0 aliphatic heterocycles. The van der Waals surface area contributed by atoms with Gasteiger partial charge in [0.05, 0.1) is 12.2 Å². The van der Waals surface area contributed by atoms with Crippen molar-refractivity contribution in [1.29, 1.82) is 0 Å². The molecule has 74 valence electrons. The molecule has 0 unspecified atom stereocenters. The van der Waals surface area contributed by atoms with Crippen molar-refractivity contribution in [2.75, 3.05) is 0 Å². The third-order valence-electron chi connectivity index (χ3n) is 3.93. The average Bonchev–Trinajstić information content (AvgIpc) is 2.77. The highest BCUT2D eigenvalue weighted by Crippen LogP contribution is 2.63. The van der Waals surface area contributed by atoms with Gasteiger partial charge in [-0.3, -0.25) is 4.79 Å².